The monoisotopic (exact) mass is 366 g/mol. The minimum Gasteiger partial charge on any atom is -0.355 e. The van der Waals surface area contributed by atoms with Gasteiger partial charge >= 0.3 is 0 Å². The largest absolute Gasteiger partial charge is 0.355 e. The summed E-state index contributed by atoms with van der Waals surface area (Å²) in [6.07, 6.45) is 4.79. The van der Waals surface area contributed by atoms with Gasteiger partial charge in [-0.2, -0.15) is 0 Å². The Morgan fingerprint density at radius 1 is 1.12 bits per heavy atom. The van der Waals surface area contributed by atoms with Crippen molar-refractivity contribution in [1.29, 1.82) is 0 Å². The van der Waals surface area contributed by atoms with Gasteiger partial charge in [0.05, 0.1) is 4.90 Å². The van der Waals surface area contributed by atoms with Gasteiger partial charge < -0.3 is 10.6 Å². The molecule has 0 atom stereocenters. The third-order valence-electron chi connectivity index (χ3n) is 4.62. The Balaban J connectivity index is 1.74. The lowest BCUT2D eigenvalue weighted by Gasteiger charge is -2.28. The molecule has 6 nitrogen and oxygen atoms in total. The van der Waals surface area contributed by atoms with Crippen molar-refractivity contribution in [3.63, 3.8) is 0 Å². The Morgan fingerprint density at radius 2 is 1.76 bits per heavy atom. The number of benzene rings is 1. The Kier molecular flexibility index (Phi) is 7.25. The summed E-state index contributed by atoms with van der Waals surface area (Å²) in [7, 11) is -1.73. The Morgan fingerprint density at radius 3 is 2.36 bits per heavy atom. The van der Waals surface area contributed by atoms with Crippen LogP contribution in [0.5, 0.6) is 0 Å². The van der Waals surface area contributed by atoms with Gasteiger partial charge in [-0.1, -0.05) is 24.6 Å². The van der Waals surface area contributed by atoms with Crippen LogP contribution in [0.1, 0.15) is 38.2 Å². The van der Waals surface area contributed by atoms with E-state index in [0.717, 1.165) is 30.3 Å². The van der Waals surface area contributed by atoms with Gasteiger partial charge in [0, 0.05) is 26.2 Å². The zero-order valence-electron chi connectivity index (χ0n) is 15.4. The Bertz CT molecular complexity index is 663. The second kappa shape index (κ2) is 9.20. The highest BCUT2D eigenvalue weighted by Gasteiger charge is 2.19. The number of aliphatic imine (C=N–C) groups is 1. The zero-order valence-corrected chi connectivity index (χ0v) is 16.2. The summed E-state index contributed by atoms with van der Waals surface area (Å²) in [5.74, 6) is 1.54. The van der Waals surface area contributed by atoms with Crippen molar-refractivity contribution in [3.8, 4) is 0 Å². The summed E-state index contributed by atoms with van der Waals surface area (Å²) in [5, 5.41) is 6.60. The molecule has 0 bridgehead atoms. The predicted molar refractivity (Wildman–Crippen MR) is 102 cm³/mol. The molecule has 0 unspecified atom stereocenters. The van der Waals surface area contributed by atoms with E-state index in [0.29, 0.717) is 19.1 Å². The first-order chi connectivity index (χ1) is 11.9. The van der Waals surface area contributed by atoms with E-state index in [9.17, 15) is 8.42 Å². The summed E-state index contributed by atoms with van der Waals surface area (Å²) >= 11 is 0. The minimum absolute atomic E-state index is 0.289. The molecule has 140 valence electrons. The number of nitrogens with zero attached hydrogens (tertiary/aromatic N) is 1. The highest BCUT2D eigenvalue weighted by molar-refractivity contribution is 7.89. The molecular formula is C18H30N4O2S. The van der Waals surface area contributed by atoms with E-state index in [1.807, 2.05) is 6.92 Å². The molecule has 2 rings (SSSR count). The number of sulfonamides is 1. The third kappa shape index (κ3) is 6.32. The molecule has 0 amide bonds. The first kappa shape index (κ1) is 19.7. The molecule has 0 aliphatic heterocycles. The van der Waals surface area contributed by atoms with Crippen LogP contribution in [-0.4, -0.2) is 40.6 Å². The standard InChI is InChI=1S/C18H30N4O2S/c1-14-4-8-16(9-5-14)22-18(19-3)20-12-13-21-25(23,24)17-10-6-15(2)7-11-17/h6-7,10-11,14,16,21H,4-5,8-9,12-13H2,1-3H3,(H2,19,20,22). The summed E-state index contributed by atoms with van der Waals surface area (Å²) in [5.41, 5.74) is 1.03. The molecule has 1 aliphatic carbocycles. The summed E-state index contributed by atoms with van der Waals surface area (Å²) in [6, 6.07) is 7.28. The molecule has 1 fully saturated rings. The van der Waals surface area contributed by atoms with Gasteiger partial charge in [0.15, 0.2) is 5.96 Å². The molecule has 7 heteroatoms. The van der Waals surface area contributed by atoms with Crippen LogP contribution in [0.25, 0.3) is 0 Å². The SMILES string of the molecule is CN=C(NCCNS(=O)(=O)c1ccc(C)cc1)NC1CCC(C)CC1. The molecule has 0 heterocycles. The van der Waals surface area contributed by atoms with E-state index in [-0.39, 0.29) is 4.90 Å². The zero-order chi connectivity index (χ0) is 18.3. The van der Waals surface area contributed by atoms with E-state index < -0.39 is 10.0 Å². The number of guanidine groups is 1. The fourth-order valence-corrected chi connectivity index (χ4v) is 3.99. The Labute approximate surface area is 151 Å². The molecule has 0 saturated heterocycles. The lowest BCUT2D eigenvalue weighted by atomic mass is 9.87. The minimum atomic E-state index is -3.47. The molecular weight excluding hydrogens is 336 g/mol. The first-order valence-corrected chi connectivity index (χ1v) is 10.4. The number of rotatable bonds is 6. The number of nitrogens with one attached hydrogen (secondary N) is 3. The van der Waals surface area contributed by atoms with Crippen LogP contribution in [0.4, 0.5) is 0 Å². The summed E-state index contributed by atoms with van der Waals surface area (Å²) in [4.78, 5) is 4.51. The maximum atomic E-state index is 12.2. The second-order valence-corrected chi connectivity index (χ2v) is 8.58. The average molecular weight is 367 g/mol. The van der Waals surface area contributed by atoms with Crippen molar-refractivity contribution in [2.24, 2.45) is 10.9 Å². The lowest BCUT2D eigenvalue weighted by molar-refractivity contribution is 0.329. The first-order valence-electron chi connectivity index (χ1n) is 8.94. The van der Waals surface area contributed by atoms with Crippen molar-refractivity contribution in [3.05, 3.63) is 29.8 Å². The van der Waals surface area contributed by atoms with Crippen molar-refractivity contribution in [1.82, 2.24) is 15.4 Å². The molecule has 1 aromatic carbocycles. The van der Waals surface area contributed by atoms with Gasteiger partial charge in [0.25, 0.3) is 0 Å². The molecule has 0 aromatic heterocycles. The number of aryl methyl sites for hydroxylation is 1. The van der Waals surface area contributed by atoms with E-state index >= 15 is 0 Å². The third-order valence-corrected chi connectivity index (χ3v) is 6.10. The van der Waals surface area contributed by atoms with Gasteiger partial charge in [0.1, 0.15) is 0 Å². The lowest BCUT2D eigenvalue weighted by Crippen LogP contribution is -2.46. The van der Waals surface area contributed by atoms with Crippen molar-refractivity contribution >= 4 is 16.0 Å². The quantitative estimate of drug-likeness (QED) is 0.409. The fourth-order valence-electron chi connectivity index (χ4n) is 2.96. The normalized spacial score (nSPS) is 21.8. The van der Waals surface area contributed by atoms with Gasteiger partial charge in [0.2, 0.25) is 10.0 Å². The van der Waals surface area contributed by atoms with Gasteiger partial charge in [-0.3, -0.25) is 4.99 Å². The molecule has 3 N–H and O–H groups in total. The summed E-state index contributed by atoms with van der Waals surface area (Å²) < 4.78 is 27.1. The van der Waals surface area contributed by atoms with Crippen LogP contribution < -0.4 is 15.4 Å². The van der Waals surface area contributed by atoms with E-state index in [1.54, 1.807) is 31.3 Å². The topological polar surface area (TPSA) is 82.6 Å². The smallest absolute Gasteiger partial charge is 0.240 e. The van der Waals surface area contributed by atoms with Crippen LogP contribution in [0.3, 0.4) is 0 Å². The average Bonchev–Trinajstić information content (AvgIpc) is 2.59. The molecule has 1 aromatic rings. The maximum Gasteiger partial charge on any atom is 0.240 e. The van der Waals surface area contributed by atoms with Crippen LogP contribution in [0.15, 0.2) is 34.2 Å². The van der Waals surface area contributed by atoms with Crippen LogP contribution in [0.2, 0.25) is 0 Å². The van der Waals surface area contributed by atoms with Crippen LogP contribution in [-0.2, 0) is 10.0 Å². The van der Waals surface area contributed by atoms with Crippen LogP contribution in [0, 0.1) is 12.8 Å². The molecule has 25 heavy (non-hydrogen) atoms. The van der Waals surface area contributed by atoms with Gasteiger partial charge in [-0.25, -0.2) is 13.1 Å². The van der Waals surface area contributed by atoms with Crippen molar-refractivity contribution in [2.45, 2.75) is 50.5 Å². The van der Waals surface area contributed by atoms with Crippen molar-refractivity contribution in [2.75, 3.05) is 20.1 Å². The molecule has 0 radical (unpaired) electrons. The van der Waals surface area contributed by atoms with E-state index in [2.05, 4.69) is 27.3 Å². The summed E-state index contributed by atoms with van der Waals surface area (Å²) in [6.45, 7) is 5.01. The van der Waals surface area contributed by atoms with E-state index in [1.165, 1.54) is 12.8 Å². The van der Waals surface area contributed by atoms with Crippen LogP contribution >= 0.6 is 0 Å². The number of hydrogen-bond acceptors (Lipinski definition) is 3. The molecule has 1 saturated carbocycles. The van der Waals surface area contributed by atoms with Gasteiger partial charge in [-0.05, 0) is 50.7 Å². The fraction of sp³-hybridized carbons (Fsp3) is 0.611. The number of hydrogen-bond donors (Lipinski definition) is 3. The molecule has 0 spiro atoms. The van der Waals surface area contributed by atoms with Crippen molar-refractivity contribution < 1.29 is 8.42 Å². The highest BCUT2D eigenvalue weighted by atomic mass is 32.2. The highest BCUT2D eigenvalue weighted by Crippen LogP contribution is 2.23. The van der Waals surface area contributed by atoms with E-state index in [4.69, 9.17) is 0 Å². The van der Waals surface area contributed by atoms with Gasteiger partial charge in [-0.15, -0.1) is 0 Å². The maximum absolute atomic E-state index is 12.2. The Hall–Kier alpha value is -1.60. The second-order valence-electron chi connectivity index (χ2n) is 6.81. The molecule has 1 aliphatic rings. The predicted octanol–water partition coefficient (Wildman–Crippen LogP) is 2.02.